The molecule has 0 spiro atoms. The molecular weight excluding hydrogens is 311 g/mol. The van der Waals surface area contributed by atoms with Crippen molar-refractivity contribution in [2.45, 2.75) is 0 Å². The van der Waals surface area contributed by atoms with Crippen LogP contribution >= 0.6 is 11.6 Å². The van der Waals surface area contributed by atoms with Crippen LogP contribution < -0.4 is 4.74 Å². The fraction of sp³-hybridized carbons (Fsp3) is 0.125. The van der Waals surface area contributed by atoms with Crippen LogP contribution in [0.1, 0.15) is 10.4 Å². The van der Waals surface area contributed by atoms with Crippen LogP contribution in [0.2, 0.25) is 5.02 Å². The molecule has 0 amide bonds. The summed E-state index contributed by atoms with van der Waals surface area (Å²) in [5, 5.41) is 0.359. The van der Waals surface area contributed by atoms with Crippen molar-refractivity contribution >= 4 is 23.4 Å². The van der Waals surface area contributed by atoms with Crippen molar-refractivity contribution in [1.82, 2.24) is 0 Å². The second-order valence-corrected chi connectivity index (χ2v) is 4.69. The summed E-state index contributed by atoms with van der Waals surface area (Å²) < 4.78 is 23.3. The van der Waals surface area contributed by atoms with Gasteiger partial charge in [0.1, 0.15) is 11.6 Å². The van der Waals surface area contributed by atoms with Crippen molar-refractivity contribution in [3.8, 4) is 5.75 Å². The summed E-state index contributed by atoms with van der Waals surface area (Å²) >= 11 is 5.86. The molecule has 4 nitrogen and oxygen atoms in total. The fourth-order valence-corrected chi connectivity index (χ4v) is 1.84. The molecule has 0 aliphatic carbocycles. The molecule has 2 aromatic carbocycles. The van der Waals surface area contributed by atoms with Crippen molar-refractivity contribution < 1.29 is 23.5 Å². The zero-order valence-electron chi connectivity index (χ0n) is 11.4. The van der Waals surface area contributed by atoms with E-state index in [-0.39, 0.29) is 5.56 Å². The number of hydrogen-bond donors (Lipinski definition) is 0. The number of ketones is 1. The molecule has 0 atom stereocenters. The third kappa shape index (κ3) is 4.30. The van der Waals surface area contributed by atoms with Crippen molar-refractivity contribution in [3.63, 3.8) is 0 Å². The van der Waals surface area contributed by atoms with E-state index in [0.717, 1.165) is 6.07 Å². The number of hydrogen-bond acceptors (Lipinski definition) is 4. The summed E-state index contributed by atoms with van der Waals surface area (Å²) in [4.78, 5) is 23.2. The Kier molecular flexibility index (Phi) is 5.49. The smallest absolute Gasteiger partial charge is 0.344 e. The predicted molar refractivity (Wildman–Crippen MR) is 78.6 cm³/mol. The predicted octanol–water partition coefficient (Wildman–Crippen LogP) is 3.28. The Hall–Kier alpha value is -2.40. The number of Topliss-reactive ketones (excluding diaryl/α,β-unsaturated/α-hetero) is 1. The molecule has 0 radical (unpaired) electrons. The van der Waals surface area contributed by atoms with Crippen LogP contribution in [0.25, 0.3) is 0 Å². The number of carbonyl (C=O) groups is 2. The molecule has 0 aliphatic rings. The Morgan fingerprint density at radius 2 is 1.68 bits per heavy atom. The van der Waals surface area contributed by atoms with Gasteiger partial charge >= 0.3 is 5.97 Å². The lowest BCUT2D eigenvalue weighted by Gasteiger charge is -2.08. The van der Waals surface area contributed by atoms with E-state index in [0.29, 0.717) is 10.8 Å². The number of rotatable bonds is 6. The van der Waals surface area contributed by atoms with Gasteiger partial charge in [0.2, 0.25) is 5.78 Å². The quantitative estimate of drug-likeness (QED) is 0.605. The number of ether oxygens (including phenoxy) is 2. The first-order valence-corrected chi connectivity index (χ1v) is 6.76. The van der Waals surface area contributed by atoms with E-state index in [2.05, 4.69) is 0 Å². The van der Waals surface area contributed by atoms with Crippen LogP contribution in [0, 0.1) is 5.82 Å². The zero-order chi connectivity index (χ0) is 15.9. The average Bonchev–Trinajstić information content (AvgIpc) is 2.52. The van der Waals surface area contributed by atoms with E-state index < -0.39 is 30.8 Å². The van der Waals surface area contributed by atoms with Crippen LogP contribution in [0.5, 0.6) is 5.75 Å². The topological polar surface area (TPSA) is 52.6 Å². The minimum absolute atomic E-state index is 0.123. The highest BCUT2D eigenvalue weighted by Gasteiger charge is 2.14. The summed E-state index contributed by atoms with van der Waals surface area (Å²) in [5.74, 6) is -1.69. The summed E-state index contributed by atoms with van der Waals surface area (Å²) in [5.41, 5.74) is -0.123. The number of benzene rings is 2. The summed E-state index contributed by atoms with van der Waals surface area (Å²) in [6, 6.07) is 12.1. The van der Waals surface area contributed by atoms with Gasteiger partial charge in [-0.3, -0.25) is 4.79 Å². The molecule has 0 N–H and O–H groups in total. The van der Waals surface area contributed by atoms with Gasteiger partial charge in [-0.25, -0.2) is 9.18 Å². The van der Waals surface area contributed by atoms with Crippen molar-refractivity contribution in [2.75, 3.05) is 13.2 Å². The molecule has 0 bridgehead atoms. The maximum Gasteiger partial charge on any atom is 0.344 e. The maximum absolute atomic E-state index is 13.4. The van der Waals surface area contributed by atoms with Crippen LogP contribution in [0.15, 0.2) is 48.5 Å². The first-order valence-electron chi connectivity index (χ1n) is 6.38. The molecule has 6 heteroatoms. The summed E-state index contributed by atoms with van der Waals surface area (Å²) in [6.07, 6.45) is 0. The Bertz CT molecular complexity index is 687. The molecular formula is C16H12ClFO4. The molecule has 0 aromatic heterocycles. The van der Waals surface area contributed by atoms with Crippen LogP contribution in [-0.4, -0.2) is 25.0 Å². The van der Waals surface area contributed by atoms with Crippen molar-refractivity contribution in [2.24, 2.45) is 0 Å². The minimum atomic E-state index is -0.746. The van der Waals surface area contributed by atoms with Gasteiger partial charge in [0, 0.05) is 0 Å². The normalized spacial score (nSPS) is 10.1. The number of halogens is 2. The third-order valence-electron chi connectivity index (χ3n) is 2.72. The second kappa shape index (κ2) is 7.56. The lowest BCUT2D eigenvalue weighted by atomic mass is 10.1. The molecule has 22 heavy (non-hydrogen) atoms. The minimum Gasteiger partial charge on any atom is -0.480 e. The Labute approximate surface area is 131 Å². The van der Waals surface area contributed by atoms with E-state index in [1.54, 1.807) is 24.3 Å². The Morgan fingerprint density at radius 1 is 1.00 bits per heavy atom. The van der Waals surface area contributed by atoms with Gasteiger partial charge in [-0.05, 0) is 24.3 Å². The van der Waals surface area contributed by atoms with Gasteiger partial charge in [-0.1, -0.05) is 35.9 Å². The van der Waals surface area contributed by atoms with E-state index in [9.17, 15) is 14.0 Å². The highest BCUT2D eigenvalue weighted by Crippen LogP contribution is 2.22. The monoisotopic (exact) mass is 322 g/mol. The van der Waals surface area contributed by atoms with Gasteiger partial charge in [-0.2, -0.15) is 0 Å². The SMILES string of the molecule is O=C(COc1ccccc1Cl)OCC(=O)c1ccccc1F. The summed E-state index contributed by atoms with van der Waals surface area (Å²) in [7, 11) is 0. The van der Waals surface area contributed by atoms with E-state index in [1.807, 2.05) is 0 Å². The molecule has 2 rings (SSSR count). The van der Waals surface area contributed by atoms with E-state index in [1.165, 1.54) is 18.2 Å². The highest BCUT2D eigenvalue weighted by molar-refractivity contribution is 6.32. The van der Waals surface area contributed by atoms with Gasteiger partial charge < -0.3 is 9.47 Å². The van der Waals surface area contributed by atoms with Gasteiger partial charge in [-0.15, -0.1) is 0 Å². The highest BCUT2D eigenvalue weighted by atomic mass is 35.5. The molecule has 0 heterocycles. The first-order chi connectivity index (χ1) is 10.6. The fourth-order valence-electron chi connectivity index (χ4n) is 1.65. The van der Waals surface area contributed by atoms with Crippen LogP contribution in [0.4, 0.5) is 4.39 Å². The molecule has 2 aromatic rings. The number of esters is 1. The molecule has 114 valence electrons. The average molecular weight is 323 g/mol. The Morgan fingerprint density at radius 3 is 2.41 bits per heavy atom. The van der Waals surface area contributed by atoms with E-state index in [4.69, 9.17) is 21.1 Å². The number of para-hydroxylation sites is 1. The largest absolute Gasteiger partial charge is 0.480 e. The Balaban J connectivity index is 1.82. The van der Waals surface area contributed by atoms with Gasteiger partial charge in [0.25, 0.3) is 0 Å². The summed E-state index contributed by atoms with van der Waals surface area (Å²) in [6.45, 7) is -0.945. The first kappa shape index (κ1) is 16.0. The molecule has 0 fully saturated rings. The molecule has 0 saturated heterocycles. The third-order valence-corrected chi connectivity index (χ3v) is 3.03. The van der Waals surface area contributed by atoms with Crippen molar-refractivity contribution in [1.29, 1.82) is 0 Å². The maximum atomic E-state index is 13.4. The van der Waals surface area contributed by atoms with Gasteiger partial charge in [0.05, 0.1) is 10.6 Å². The number of carbonyl (C=O) groups excluding carboxylic acids is 2. The van der Waals surface area contributed by atoms with Gasteiger partial charge in [0.15, 0.2) is 13.2 Å². The van der Waals surface area contributed by atoms with Crippen LogP contribution in [-0.2, 0) is 9.53 Å². The molecule has 0 unspecified atom stereocenters. The standard InChI is InChI=1S/C16H12ClFO4/c17-12-6-2-4-8-15(12)21-10-16(20)22-9-14(19)11-5-1-3-7-13(11)18/h1-8H,9-10H2. The zero-order valence-corrected chi connectivity index (χ0v) is 12.2. The second-order valence-electron chi connectivity index (χ2n) is 4.28. The lowest BCUT2D eigenvalue weighted by molar-refractivity contribution is -0.144. The van der Waals surface area contributed by atoms with Crippen LogP contribution in [0.3, 0.4) is 0 Å². The lowest BCUT2D eigenvalue weighted by Crippen LogP contribution is -2.20. The molecule has 0 aliphatic heterocycles. The van der Waals surface area contributed by atoms with E-state index >= 15 is 0 Å². The van der Waals surface area contributed by atoms with Crippen molar-refractivity contribution in [3.05, 3.63) is 64.9 Å². The molecule has 0 saturated carbocycles.